The molecule has 3 N–H and O–H groups in total. The second-order valence-corrected chi connectivity index (χ2v) is 9.30. The van der Waals surface area contributed by atoms with E-state index < -0.39 is 6.04 Å². The molecule has 0 bridgehead atoms. The zero-order chi connectivity index (χ0) is 26.8. The number of nitrogens with one attached hydrogen (secondary N) is 3. The van der Waals surface area contributed by atoms with Crippen molar-refractivity contribution < 1.29 is 14.3 Å². The third kappa shape index (κ3) is 4.76. The molecule has 1 aliphatic heterocycles. The maximum absolute atomic E-state index is 13.7. The van der Waals surface area contributed by atoms with E-state index in [-0.39, 0.29) is 11.8 Å². The Morgan fingerprint density at radius 2 is 1.53 bits per heavy atom. The first kappa shape index (κ1) is 24.8. The predicted molar refractivity (Wildman–Crippen MR) is 149 cm³/mol. The summed E-state index contributed by atoms with van der Waals surface area (Å²) in [6.07, 6.45) is 1.53. The summed E-state index contributed by atoms with van der Waals surface area (Å²) < 4.78 is 7.11. The van der Waals surface area contributed by atoms with E-state index in [2.05, 4.69) is 21.0 Å². The lowest BCUT2D eigenvalue weighted by Gasteiger charge is -2.30. The molecule has 1 atom stereocenters. The fourth-order valence-corrected chi connectivity index (χ4v) is 4.55. The number of aromatic nitrogens is 2. The standard InChI is InChI=1S/C30H29N5O3/c1-18-9-13-21(14-10-18)27-26(30(37)34-24-7-5-6-8-25(24)38-4)20(3)32-28-23(17-31-35(27)28)29(36)33-22-15-11-19(2)12-16-22/h5-17,27,32H,1-4H3,(H,33,36)(H,34,37). The van der Waals surface area contributed by atoms with E-state index in [1.165, 1.54) is 6.20 Å². The van der Waals surface area contributed by atoms with Crippen LogP contribution < -0.4 is 20.7 Å². The number of amides is 2. The molecule has 2 amide bonds. The van der Waals surface area contributed by atoms with Crippen molar-refractivity contribution in [1.29, 1.82) is 0 Å². The molecule has 38 heavy (non-hydrogen) atoms. The van der Waals surface area contributed by atoms with Gasteiger partial charge >= 0.3 is 0 Å². The molecule has 0 radical (unpaired) electrons. The third-order valence-corrected chi connectivity index (χ3v) is 6.57. The predicted octanol–water partition coefficient (Wildman–Crippen LogP) is 5.69. The molecule has 4 aromatic rings. The number of nitrogens with zero attached hydrogens (tertiary/aromatic N) is 2. The Hall–Kier alpha value is -4.85. The summed E-state index contributed by atoms with van der Waals surface area (Å²) in [7, 11) is 1.56. The number of carbonyl (C=O) groups excluding carboxylic acids is 2. The molecule has 3 aromatic carbocycles. The third-order valence-electron chi connectivity index (χ3n) is 6.57. The average Bonchev–Trinajstić information content (AvgIpc) is 3.33. The SMILES string of the molecule is COc1ccccc1NC(=O)C1=C(C)Nc2c(C(=O)Nc3ccc(C)cc3)cnn2C1c1ccc(C)cc1. The van der Waals surface area contributed by atoms with Crippen molar-refractivity contribution in [1.82, 2.24) is 9.78 Å². The minimum atomic E-state index is -0.553. The number of fused-ring (bicyclic) bond motifs is 1. The zero-order valence-electron chi connectivity index (χ0n) is 21.7. The second kappa shape index (κ2) is 10.3. The van der Waals surface area contributed by atoms with Crippen LogP contribution in [0.3, 0.4) is 0 Å². The maximum Gasteiger partial charge on any atom is 0.261 e. The van der Waals surface area contributed by atoms with E-state index in [1.807, 2.05) is 81.4 Å². The van der Waals surface area contributed by atoms with E-state index >= 15 is 0 Å². The van der Waals surface area contributed by atoms with Crippen LogP contribution in [-0.4, -0.2) is 28.7 Å². The van der Waals surface area contributed by atoms with Crippen molar-refractivity contribution in [3.63, 3.8) is 0 Å². The summed E-state index contributed by atoms with van der Waals surface area (Å²) in [5.41, 5.74) is 5.82. The minimum Gasteiger partial charge on any atom is -0.495 e. The normalized spacial score (nSPS) is 14.4. The van der Waals surface area contributed by atoms with E-state index in [1.54, 1.807) is 23.9 Å². The van der Waals surface area contributed by atoms with Gasteiger partial charge in [0.15, 0.2) is 0 Å². The van der Waals surface area contributed by atoms with Gasteiger partial charge in [0, 0.05) is 11.4 Å². The first-order valence-corrected chi connectivity index (χ1v) is 12.3. The van der Waals surface area contributed by atoms with Gasteiger partial charge in [-0.05, 0) is 50.6 Å². The van der Waals surface area contributed by atoms with Gasteiger partial charge in [-0.3, -0.25) is 9.59 Å². The van der Waals surface area contributed by atoms with Crippen molar-refractivity contribution in [2.75, 3.05) is 23.1 Å². The lowest BCUT2D eigenvalue weighted by Crippen LogP contribution is -2.32. The molecule has 0 aliphatic carbocycles. The van der Waals surface area contributed by atoms with Crippen molar-refractivity contribution >= 4 is 29.0 Å². The lowest BCUT2D eigenvalue weighted by molar-refractivity contribution is -0.113. The molecule has 8 heteroatoms. The number of para-hydroxylation sites is 2. The number of ether oxygens (including phenoxy) is 1. The Kier molecular flexibility index (Phi) is 6.70. The van der Waals surface area contributed by atoms with Crippen LogP contribution in [0.1, 0.15) is 40.0 Å². The topological polar surface area (TPSA) is 97.3 Å². The van der Waals surface area contributed by atoms with Crippen molar-refractivity contribution in [3.05, 3.63) is 113 Å². The van der Waals surface area contributed by atoms with Gasteiger partial charge in [-0.2, -0.15) is 5.10 Å². The van der Waals surface area contributed by atoms with Crippen LogP contribution in [0, 0.1) is 13.8 Å². The lowest BCUT2D eigenvalue weighted by atomic mass is 9.94. The van der Waals surface area contributed by atoms with Crippen LogP contribution in [0.25, 0.3) is 0 Å². The van der Waals surface area contributed by atoms with Crippen molar-refractivity contribution in [2.24, 2.45) is 0 Å². The summed E-state index contributed by atoms with van der Waals surface area (Å²) >= 11 is 0. The molecular weight excluding hydrogens is 478 g/mol. The number of hydrogen-bond acceptors (Lipinski definition) is 5. The molecule has 192 valence electrons. The summed E-state index contributed by atoms with van der Waals surface area (Å²) in [5.74, 6) is 0.494. The van der Waals surface area contributed by atoms with Crippen molar-refractivity contribution in [3.8, 4) is 5.75 Å². The Labute approximate surface area is 221 Å². The van der Waals surface area contributed by atoms with Gasteiger partial charge in [-0.15, -0.1) is 0 Å². The van der Waals surface area contributed by atoms with Crippen LogP contribution >= 0.6 is 0 Å². The fourth-order valence-electron chi connectivity index (χ4n) is 4.55. The van der Waals surface area contributed by atoms with Gasteiger partial charge in [0.2, 0.25) is 0 Å². The highest BCUT2D eigenvalue weighted by Gasteiger charge is 2.35. The molecule has 0 saturated heterocycles. The van der Waals surface area contributed by atoms with Crippen LogP contribution in [0.4, 0.5) is 17.2 Å². The first-order valence-electron chi connectivity index (χ1n) is 12.3. The number of methoxy groups -OCH3 is 1. The molecule has 1 aromatic heterocycles. The molecule has 0 spiro atoms. The Morgan fingerprint density at radius 1 is 0.868 bits per heavy atom. The number of aryl methyl sites for hydroxylation is 2. The number of allylic oxidation sites excluding steroid dienone is 1. The van der Waals surface area contributed by atoms with Crippen molar-refractivity contribution in [2.45, 2.75) is 26.8 Å². The molecule has 0 fully saturated rings. The maximum atomic E-state index is 13.7. The monoisotopic (exact) mass is 507 g/mol. The second-order valence-electron chi connectivity index (χ2n) is 9.30. The van der Waals surface area contributed by atoms with Gasteiger partial charge in [-0.25, -0.2) is 4.68 Å². The molecule has 1 unspecified atom stereocenters. The Balaban J connectivity index is 1.54. The molecule has 0 saturated carbocycles. The van der Waals surface area contributed by atoms with Crippen LogP contribution in [0.5, 0.6) is 5.75 Å². The van der Waals surface area contributed by atoms with E-state index in [0.29, 0.717) is 39.8 Å². The smallest absolute Gasteiger partial charge is 0.261 e. The minimum absolute atomic E-state index is 0.292. The highest BCUT2D eigenvalue weighted by Crippen LogP contribution is 2.38. The van der Waals surface area contributed by atoms with E-state index in [0.717, 1.165) is 16.7 Å². The molecule has 5 rings (SSSR count). The summed E-state index contributed by atoms with van der Waals surface area (Å²) in [5, 5.41) is 13.8. The van der Waals surface area contributed by atoms with Crippen LogP contribution in [0.15, 0.2) is 90.3 Å². The van der Waals surface area contributed by atoms with Crippen LogP contribution in [-0.2, 0) is 4.79 Å². The van der Waals surface area contributed by atoms with Gasteiger partial charge in [0.1, 0.15) is 23.2 Å². The summed E-state index contributed by atoms with van der Waals surface area (Å²) in [6, 6.07) is 22.2. The largest absolute Gasteiger partial charge is 0.495 e. The quantitative estimate of drug-likeness (QED) is 0.312. The molecule has 2 heterocycles. The van der Waals surface area contributed by atoms with Gasteiger partial charge in [-0.1, -0.05) is 59.7 Å². The average molecular weight is 508 g/mol. The van der Waals surface area contributed by atoms with E-state index in [9.17, 15) is 9.59 Å². The fraction of sp³-hybridized carbons (Fsp3) is 0.167. The van der Waals surface area contributed by atoms with E-state index in [4.69, 9.17) is 4.74 Å². The van der Waals surface area contributed by atoms with Gasteiger partial charge in [0.25, 0.3) is 11.8 Å². The number of rotatable bonds is 6. The van der Waals surface area contributed by atoms with Gasteiger partial charge in [0.05, 0.1) is 24.6 Å². The zero-order valence-corrected chi connectivity index (χ0v) is 21.7. The molecular formula is C30H29N5O3. The highest BCUT2D eigenvalue weighted by molar-refractivity contribution is 6.09. The number of benzene rings is 3. The molecule has 8 nitrogen and oxygen atoms in total. The molecule has 1 aliphatic rings. The highest BCUT2D eigenvalue weighted by atomic mass is 16.5. The summed E-state index contributed by atoms with van der Waals surface area (Å²) in [6.45, 7) is 5.83. The number of carbonyl (C=O) groups is 2. The first-order chi connectivity index (χ1) is 18.4. The Morgan fingerprint density at radius 3 is 2.21 bits per heavy atom. The van der Waals surface area contributed by atoms with Gasteiger partial charge < -0.3 is 20.7 Å². The number of hydrogen-bond donors (Lipinski definition) is 3. The number of anilines is 3. The van der Waals surface area contributed by atoms with Crippen LogP contribution in [0.2, 0.25) is 0 Å². The summed E-state index contributed by atoms with van der Waals surface area (Å²) in [4.78, 5) is 27.0. The Bertz CT molecular complexity index is 1540.